The summed E-state index contributed by atoms with van der Waals surface area (Å²) in [4.78, 5) is 29.5. The number of amides is 1. The molecule has 1 fully saturated rings. The molecule has 0 aromatic heterocycles. The number of ketones is 1. The van der Waals surface area contributed by atoms with Crippen LogP contribution in [0.5, 0.6) is 11.5 Å². The van der Waals surface area contributed by atoms with Gasteiger partial charge >= 0.3 is 0 Å². The molecule has 0 saturated carbocycles. The van der Waals surface area contributed by atoms with E-state index in [-0.39, 0.29) is 11.3 Å². The highest BCUT2D eigenvalue weighted by atomic mass is 16.5. The summed E-state index contributed by atoms with van der Waals surface area (Å²) in [6.07, 6.45) is 1.65. The molecule has 1 atom stereocenters. The average molecular weight is 451 g/mol. The van der Waals surface area contributed by atoms with Crippen LogP contribution in [-0.2, 0) is 9.59 Å². The number of carbonyl (C=O) groups excluding carboxylic acids is 2. The number of ether oxygens (including phenoxy) is 2. The molecule has 7 nitrogen and oxygen atoms in total. The molecule has 7 heteroatoms. The van der Waals surface area contributed by atoms with Crippen LogP contribution in [0.4, 0.5) is 0 Å². The number of carbonyl (C=O) groups is 2. The van der Waals surface area contributed by atoms with E-state index >= 15 is 0 Å². The van der Waals surface area contributed by atoms with E-state index in [0.29, 0.717) is 48.9 Å². The molecule has 0 radical (unpaired) electrons. The van der Waals surface area contributed by atoms with Crippen LogP contribution >= 0.6 is 0 Å². The van der Waals surface area contributed by atoms with Gasteiger partial charge in [0.05, 0.1) is 18.2 Å². The van der Waals surface area contributed by atoms with Crippen molar-refractivity contribution in [2.24, 2.45) is 0 Å². The van der Waals surface area contributed by atoms with E-state index in [1.807, 2.05) is 38.1 Å². The summed E-state index contributed by atoms with van der Waals surface area (Å²) in [5.74, 6) is -0.336. The van der Waals surface area contributed by atoms with Crippen molar-refractivity contribution in [1.82, 2.24) is 9.80 Å². The topological polar surface area (TPSA) is 79.3 Å². The van der Waals surface area contributed by atoms with Gasteiger partial charge in [0, 0.05) is 18.7 Å². The molecule has 0 spiro atoms. The molecule has 1 amide bonds. The van der Waals surface area contributed by atoms with Gasteiger partial charge in [0.1, 0.15) is 23.9 Å². The standard InChI is InChI=1S/C26H30N2O5/c1-5-16-33-20-12-10-18(11-13-20)23-22(25(30)26(31)28(23)15-14-27(3)4)24(29)19-8-7-9-21(17-19)32-6-2/h5,7-13,17,23,29H,1,6,14-16H2,2-4H3. The SMILES string of the molecule is C=CCOc1ccc(C2C(=C(O)c3cccc(OCC)c3)C(=O)C(=O)N2CCN(C)C)cc1. The minimum Gasteiger partial charge on any atom is -0.507 e. The number of nitrogens with zero attached hydrogens (tertiary/aromatic N) is 2. The molecule has 1 aliphatic heterocycles. The number of likely N-dealkylation sites (N-methyl/N-ethyl adjacent to an activating group) is 1. The van der Waals surface area contributed by atoms with E-state index in [9.17, 15) is 14.7 Å². The number of Topliss-reactive ketones (excluding diaryl/α,β-unsaturated/α-hetero) is 1. The Hall–Kier alpha value is -3.58. The number of hydrogen-bond donors (Lipinski definition) is 1. The third-order valence-corrected chi connectivity index (χ3v) is 5.31. The van der Waals surface area contributed by atoms with Gasteiger partial charge in [-0.2, -0.15) is 0 Å². The predicted octanol–water partition coefficient (Wildman–Crippen LogP) is 3.63. The van der Waals surface area contributed by atoms with E-state index in [1.54, 1.807) is 42.5 Å². The highest BCUT2D eigenvalue weighted by Gasteiger charge is 2.45. The van der Waals surface area contributed by atoms with Crippen molar-refractivity contribution in [3.63, 3.8) is 0 Å². The smallest absolute Gasteiger partial charge is 0.295 e. The highest BCUT2D eigenvalue weighted by molar-refractivity contribution is 6.46. The van der Waals surface area contributed by atoms with Crippen LogP contribution in [0.3, 0.4) is 0 Å². The third-order valence-electron chi connectivity index (χ3n) is 5.31. The molecule has 1 saturated heterocycles. The maximum Gasteiger partial charge on any atom is 0.295 e. The van der Waals surface area contributed by atoms with Gasteiger partial charge < -0.3 is 24.4 Å². The van der Waals surface area contributed by atoms with Crippen molar-refractivity contribution in [3.8, 4) is 11.5 Å². The van der Waals surface area contributed by atoms with Gasteiger partial charge in [0.25, 0.3) is 11.7 Å². The Labute approximate surface area is 194 Å². The summed E-state index contributed by atoms with van der Waals surface area (Å²) in [5.41, 5.74) is 1.19. The summed E-state index contributed by atoms with van der Waals surface area (Å²) in [7, 11) is 3.80. The van der Waals surface area contributed by atoms with Gasteiger partial charge in [-0.1, -0.05) is 36.9 Å². The maximum absolute atomic E-state index is 13.1. The van der Waals surface area contributed by atoms with Gasteiger partial charge in [-0.3, -0.25) is 9.59 Å². The Kier molecular flexibility index (Phi) is 7.90. The normalized spacial score (nSPS) is 17.5. The van der Waals surface area contributed by atoms with Gasteiger partial charge in [0.15, 0.2) is 0 Å². The van der Waals surface area contributed by atoms with Crippen LogP contribution in [0.25, 0.3) is 5.76 Å². The van der Waals surface area contributed by atoms with Crippen LogP contribution in [0, 0.1) is 0 Å². The summed E-state index contributed by atoms with van der Waals surface area (Å²) >= 11 is 0. The molecule has 0 aliphatic carbocycles. The third kappa shape index (κ3) is 5.43. The van der Waals surface area contributed by atoms with Crippen molar-refractivity contribution in [2.75, 3.05) is 40.4 Å². The van der Waals surface area contributed by atoms with Gasteiger partial charge in [0.2, 0.25) is 0 Å². The van der Waals surface area contributed by atoms with Crippen molar-refractivity contribution < 1.29 is 24.2 Å². The number of aliphatic hydroxyl groups excluding tert-OH is 1. The maximum atomic E-state index is 13.1. The first-order valence-electron chi connectivity index (χ1n) is 10.9. The van der Waals surface area contributed by atoms with Crippen LogP contribution in [0.15, 0.2) is 66.8 Å². The Bertz CT molecular complexity index is 1040. The predicted molar refractivity (Wildman–Crippen MR) is 127 cm³/mol. The van der Waals surface area contributed by atoms with Crippen LogP contribution in [0.1, 0.15) is 24.1 Å². The second-order valence-electron chi connectivity index (χ2n) is 7.93. The van der Waals surface area contributed by atoms with Crippen molar-refractivity contribution in [1.29, 1.82) is 0 Å². The van der Waals surface area contributed by atoms with Crippen molar-refractivity contribution in [2.45, 2.75) is 13.0 Å². The molecule has 174 valence electrons. The molecule has 3 rings (SSSR count). The Morgan fingerprint density at radius 3 is 2.48 bits per heavy atom. The fourth-order valence-corrected chi connectivity index (χ4v) is 3.72. The van der Waals surface area contributed by atoms with Gasteiger partial charge in [-0.05, 0) is 50.8 Å². The molecular weight excluding hydrogens is 420 g/mol. The first-order chi connectivity index (χ1) is 15.9. The first-order valence-corrected chi connectivity index (χ1v) is 10.9. The fourth-order valence-electron chi connectivity index (χ4n) is 3.72. The Morgan fingerprint density at radius 2 is 1.85 bits per heavy atom. The quantitative estimate of drug-likeness (QED) is 0.258. The van der Waals surface area contributed by atoms with Crippen LogP contribution in [0.2, 0.25) is 0 Å². The largest absolute Gasteiger partial charge is 0.507 e. The molecule has 0 bridgehead atoms. The summed E-state index contributed by atoms with van der Waals surface area (Å²) < 4.78 is 11.1. The highest BCUT2D eigenvalue weighted by Crippen LogP contribution is 2.40. The van der Waals surface area contributed by atoms with E-state index in [2.05, 4.69) is 6.58 Å². The van der Waals surface area contributed by atoms with E-state index in [0.717, 1.165) is 0 Å². The molecule has 33 heavy (non-hydrogen) atoms. The van der Waals surface area contributed by atoms with Gasteiger partial charge in [-0.15, -0.1) is 0 Å². The number of aliphatic hydroxyl groups is 1. The summed E-state index contributed by atoms with van der Waals surface area (Å²) in [6.45, 7) is 7.26. The molecule has 2 aromatic carbocycles. The molecule has 1 heterocycles. The number of hydrogen-bond acceptors (Lipinski definition) is 6. The Morgan fingerprint density at radius 1 is 1.12 bits per heavy atom. The summed E-state index contributed by atoms with van der Waals surface area (Å²) in [5, 5.41) is 11.2. The molecule has 2 aromatic rings. The number of likely N-dealkylation sites (tertiary alicyclic amines) is 1. The Balaban J connectivity index is 2.08. The summed E-state index contributed by atoms with van der Waals surface area (Å²) in [6, 6.07) is 13.3. The molecule has 1 N–H and O–H groups in total. The first kappa shape index (κ1) is 24.1. The zero-order chi connectivity index (χ0) is 24.0. The minimum absolute atomic E-state index is 0.0622. The molecule has 1 aliphatic rings. The fraction of sp³-hybridized carbons (Fsp3) is 0.308. The zero-order valence-corrected chi connectivity index (χ0v) is 19.3. The minimum atomic E-state index is -0.714. The average Bonchev–Trinajstić information content (AvgIpc) is 3.06. The van der Waals surface area contributed by atoms with E-state index in [4.69, 9.17) is 9.47 Å². The second kappa shape index (κ2) is 10.8. The van der Waals surface area contributed by atoms with Crippen LogP contribution < -0.4 is 9.47 Å². The van der Waals surface area contributed by atoms with Gasteiger partial charge in [-0.25, -0.2) is 0 Å². The zero-order valence-electron chi connectivity index (χ0n) is 19.3. The molecule has 1 unspecified atom stereocenters. The van der Waals surface area contributed by atoms with Crippen molar-refractivity contribution >= 4 is 17.4 Å². The lowest BCUT2D eigenvalue weighted by molar-refractivity contribution is -0.140. The second-order valence-corrected chi connectivity index (χ2v) is 7.93. The van der Waals surface area contributed by atoms with E-state index < -0.39 is 17.7 Å². The van der Waals surface area contributed by atoms with E-state index in [1.165, 1.54) is 4.90 Å². The molecular formula is C26H30N2O5. The lowest BCUT2D eigenvalue weighted by atomic mass is 9.95. The van der Waals surface area contributed by atoms with Crippen LogP contribution in [-0.4, -0.2) is 67.0 Å². The van der Waals surface area contributed by atoms with Crippen molar-refractivity contribution in [3.05, 3.63) is 77.9 Å². The monoisotopic (exact) mass is 450 g/mol. The lowest BCUT2D eigenvalue weighted by Gasteiger charge is -2.26. The lowest BCUT2D eigenvalue weighted by Crippen LogP contribution is -2.35. The number of rotatable bonds is 10. The number of benzene rings is 2.